The van der Waals surface area contributed by atoms with Gasteiger partial charge in [-0.25, -0.2) is 4.79 Å². The summed E-state index contributed by atoms with van der Waals surface area (Å²) in [6, 6.07) is 0.954. The smallest absolute Gasteiger partial charge is 0.333 e. The summed E-state index contributed by atoms with van der Waals surface area (Å²) in [6.45, 7) is 7.34. The van der Waals surface area contributed by atoms with Crippen molar-refractivity contribution >= 4 is 45.7 Å². The second kappa shape index (κ2) is 9.93. The van der Waals surface area contributed by atoms with Crippen molar-refractivity contribution < 1.29 is 9.53 Å². The average molecular weight is 308 g/mol. The van der Waals surface area contributed by atoms with E-state index in [4.69, 9.17) is 4.74 Å². The Morgan fingerprint density at radius 1 is 1.59 bits per heavy atom. The van der Waals surface area contributed by atoms with E-state index >= 15 is 0 Å². The van der Waals surface area contributed by atoms with Gasteiger partial charge in [-0.1, -0.05) is 13.5 Å². The largest absolute Gasteiger partial charge is 0.459 e. The monoisotopic (exact) mass is 307 g/mol. The maximum Gasteiger partial charge on any atom is 0.333 e. The van der Waals surface area contributed by atoms with Crippen molar-refractivity contribution in [3.05, 3.63) is 12.2 Å². The molecule has 0 radical (unpaired) electrons. The van der Waals surface area contributed by atoms with Crippen LogP contribution in [-0.4, -0.2) is 51.8 Å². The molecule has 0 heterocycles. The van der Waals surface area contributed by atoms with Crippen molar-refractivity contribution in [1.29, 1.82) is 0 Å². The Balaban J connectivity index is 4.16. The molecule has 0 amide bonds. The Labute approximate surface area is 114 Å². The first-order valence-corrected chi connectivity index (χ1v) is 11.3. The normalized spacial score (nSPS) is 15.2. The fourth-order valence-corrected chi connectivity index (χ4v) is 10.2. The van der Waals surface area contributed by atoms with Crippen LogP contribution < -0.4 is 13.9 Å². The van der Waals surface area contributed by atoms with Crippen LogP contribution >= 0.6 is 0 Å². The third kappa shape index (κ3) is 7.80. The zero-order valence-electron chi connectivity index (χ0n) is 11.3. The number of rotatable bonds is 9. The summed E-state index contributed by atoms with van der Waals surface area (Å²) in [5.41, 5.74) is 0.476. The van der Waals surface area contributed by atoms with E-state index < -0.39 is 9.12 Å². The van der Waals surface area contributed by atoms with Gasteiger partial charge in [-0.2, -0.15) is 0 Å². The second-order valence-electron chi connectivity index (χ2n) is 4.03. The standard InChI is InChI=1S/C8H25N3O2Si4/c1-4-7(13-8(12)6(2)3)5-17(10-15)11-16-9-14/h7,9-11,17H,2,4-5,16H2,1,3,14-15H3. The lowest BCUT2D eigenvalue weighted by Crippen LogP contribution is -2.53. The Morgan fingerprint density at radius 2 is 2.24 bits per heavy atom. The quantitative estimate of drug-likeness (QED) is 0.234. The van der Waals surface area contributed by atoms with Crippen LogP contribution in [0.25, 0.3) is 0 Å². The molecule has 0 spiro atoms. The topological polar surface area (TPSA) is 62.4 Å². The van der Waals surface area contributed by atoms with Crippen LogP contribution in [0.1, 0.15) is 20.3 Å². The highest BCUT2D eigenvalue weighted by molar-refractivity contribution is 6.67. The molecule has 5 nitrogen and oxygen atoms in total. The SMILES string of the molecule is C=C(C)C(=O)OC(CC)C[SiH](N[SiH3])N[SiH2]N[SiH3]. The maximum atomic E-state index is 11.5. The van der Waals surface area contributed by atoms with Crippen LogP contribution in [0, 0.1) is 0 Å². The molecule has 2 atom stereocenters. The van der Waals surface area contributed by atoms with Gasteiger partial charge >= 0.3 is 5.97 Å². The van der Waals surface area contributed by atoms with E-state index in [0.717, 1.165) is 33.3 Å². The van der Waals surface area contributed by atoms with Crippen LogP contribution in [-0.2, 0) is 9.53 Å². The van der Waals surface area contributed by atoms with Gasteiger partial charge in [0, 0.05) is 11.6 Å². The molecule has 9 heteroatoms. The third-order valence-electron chi connectivity index (χ3n) is 2.45. The number of carbonyl (C=O) groups excluding carboxylic acids is 1. The molecule has 0 aromatic heterocycles. The first-order chi connectivity index (χ1) is 8.04. The molecule has 0 aliphatic rings. The molecular formula is C8H25N3O2Si4. The number of hydrogen-bond acceptors (Lipinski definition) is 5. The summed E-state index contributed by atoms with van der Waals surface area (Å²) in [7, 11) is 0.615. The Morgan fingerprint density at radius 3 is 2.65 bits per heavy atom. The molecule has 0 bridgehead atoms. The van der Waals surface area contributed by atoms with Gasteiger partial charge in [0.1, 0.15) is 6.10 Å². The highest BCUT2D eigenvalue weighted by atomic mass is 28.4. The van der Waals surface area contributed by atoms with Crippen LogP contribution in [0.5, 0.6) is 0 Å². The van der Waals surface area contributed by atoms with E-state index in [1.54, 1.807) is 6.92 Å². The molecule has 0 saturated carbocycles. The number of nitrogens with one attached hydrogen (secondary N) is 3. The van der Waals surface area contributed by atoms with Crippen molar-refractivity contribution in [2.45, 2.75) is 32.4 Å². The summed E-state index contributed by atoms with van der Waals surface area (Å²) in [4.78, 5) is 11.5. The molecule has 2 unspecified atom stereocenters. The van der Waals surface area contributed by atoms with E-state index in [2.05, 4.69) is 27.4 Å². The van der Waals surface area contributed by atoms with Crippen molar-refractivity contribution in [3.8, 4) is 0 Å². The lowest BCUT2D eigenvalue weighted by Gasteiger charge is -2.22. The van der Waals surface area contributed by atoms with Crippen LogP contribution in [0.2, 0.25) is 6.04 Å². The molecule has 3 N–H and O–H groups in total. The minimum absolute atomic E-state index is 0.0212. The van der Waals surface area contributed by atoms with E-state index in [1.807, 2.05) is 0 Å². The number of hydrogen-bond donors (Lipinski definition) is 3. The molecule has 0 saturated heterocycles. The zero-order chi connectivity index (χ0) is 13.3. The van der Waals surface area contributed by atoms with Gasteiger partial charge in [0.2, 0.25) is 0 Å². The second-order valence-corrected chi connectivity index (χ2v) is 12.7. The van der Waals surface area contributed by atoms with E-state index in [9.17, 15) is 4.79 Å². The van der Waals surface area contributed by atoms with Crippen molar-refractivity contribution in [3.63, 3.8) is 0 Å². The van der Waals surface area contributed by atoms with Crippen molar-refractivity contribution in [2.24, 2.45) is 0 Å². The van der Waals surface area contributed by atoms with Gasteiger partial charge in [0.05, 0.1) is 20.8 Å². The molecule has 0 aliphatic carbocycles. The summed E-state index contributed by atoms with van der Waals surface area (Å²) in [5, 5.41) is 0. The minimum Gasteiger partial charge on any atom is -0.459 e. The van der Waals surface area contributed by atoms with Crippen LogP contribution in [0.3, 0.4) is 0 Å². The molecule has 0 aliphatic heterocycles. The van der Waals surface area contributed by atoms with Gasteiger partial charge in [0.15, 0.2) is 19.0 Å². The molecule has 100 valence electrons. The van der Waals surface area contributed by atoms with Gasteiger partial charge in [-0.15, -0.1) is 0 Å². The summed E-state index contributed by atoms with van der Waals surface area (Å²) in [6.07, 6.45) is 0.886. The Kier molecular flexibility index (Phi) is 9.91. The molecule has 0 rings (SSSR count). The van der Waals surface area contributed by atoms with E-state index in [0.29, 0.717) is 5.57 Å². The van der Waals surface area contributed by atoms with Gasteiger partial charge < -0.3 is 18.7 Å². The number of ether oxygens (including phenoxy) is 1. The minimum atomic E-state index is -1.12. The summed E-state index contributed by atoms with van der Waals surface area (Å²) in [5.74, 6) is -0.267. The van der Waals surface area contributed by atoms with Gasteiger partial charge in [0.25, 0.3) is 0 Å². The fourth-order valence-electron chi connectivity index (χ4n) is 1.34. The highest BCUT2D eigenvalue weighted by Gasteiger charge is 2.18. The molecule has 17 heavy (non-hydrogen) atoms. The fraction of sp³-hybridized carbons (Fsp3) is 0.625. The van der Waals surface area contributed by atoms with Crippen LogP contribution in [0.4, 0.5) is 0 Å². The molecular weight excluding hydrogens is 282 g/mol. The highest BCUT2D eigenvalue weighted by Crippen LogP contribution is 2.08. The summed E-state index contributed by atoms with van der Waals surface area (Å²) < 4.78 is 15.8. The zero-order valence-corrected chi connectivity index (χ0v) is 17.9. The lowest BCUT2D eigenvalue weighted by molar-refractivity contribution is -0.143. The number of esters is 1. The van der Waals surface area contributed by atoms with Crippen LogP contribution in [0.15, 0.2) is 12.2 Å². The Bertz CT molecular complexity index is 255. The predicted molar refractivity (Wildman–Crippen MR) is 84.8 cm³/mol. The maximum absolute atomic E-state index is 11.5. The third-order valence-corrected chi connectivity index (χ3v) is 10.4. The number of carbonyl (C=O) groups is 1. The Hall–Kier alpha value is -0.0425. The molecule has 0 aromatic carbocycles. The first kappa shape index (κ1) is 17.0. The molecule has 0 fully saturated rings. The first-order valence-electron chi connectivity index (χ1n) is 5.96. The lowest BCUT2D eigenvalue weighted by atomic mass is 10.3. The van der Waals surface area contributed by atoms with Crippen molar-refractivity contribution in [1.82, 2.24) is 13.9 Å². The van der Waals surface area contributed by atoms with E-state index in [-0.39, 0.29) is 21.9 Å². The van der Waals surface area contributed by atoms with Crippen molar-refractivity contribution in [2.75, 3.05) is 0 Å². The molecule has 0 aromatic rings. The summed E-state index contributed by atoms with van der Waals surface area (Å²) >= 11 is 0. The van der Waals surface area contributed by atoms with Gasteiger partial charge in [-0.3, -0.25) is 0 Å². The average Bonchev–Trinajstić information content (AvgIpc) is 2.32. The van der Waals surface area contributed by atoms with E-state index in [1.165, 1.54) is 0 Å². The predicted octanol–water partition coefficient (Wildman–Crippen LogP) is -3.57. The van der Waals surface area contributed by atoms with Gasteiger partial charge in [-0.05, 0) is 13.3 Å².